The molecule has 2 aliphatic carbocycles. The number of amides is 1. The van der Waals surface area contributed by atoms with Gasteiger partial charge < -0.3 is 79.7 Å². The van der Waals surface area contributed by atoms with Gasteiger partial charge in [0.05, 0.1) is 55.7 Å². The number of aromatic hydroxyl groups is 3. The number of aliphatic carboxylic acids is 1. The lowest BCUT2D eigenvalue weighted by atomic mass is 9.74. The summed E-state index contributed by atoms with van der Waals surface area (Å²) in [6, 6.07) is 2.08. The van der Waals surface area contributed by atoms with Crippen molar-refractivity contribution in [3.05, 3.63) is 68.8 Å². The maximum absolute atomic E-state index is 14.2. The molecule has 0 radical (unpaired) electrons. The lowest BCUT2D eigenvalue weighted by Gasteiger charge is -2.49. The Morgan fingerprint density at radius 3 is 2.17 bits per heavy atom. The summed E-state index contributed by atoms with van der Waals surface area (Å²) in [6.45, 7) is 4.89. The number of nitrogens with zero attached hydrogens (tertiary/aromatic N) is 1. The number of ether oxygens (including phenoxy) is 6. The van der Waals surface area contributed by atoms with Gasteiger partial charge in [0.15, 0.2) is 24.1 Å². The van der Waals surface area contributed by atoms with E-state index in [0.29, 0.717) is 0 Å². The van der Waals surface area contributed by atoms with E-state index in [1.54, 1.807) is 6.92 Å². The fraction of sp³-hybridized carbons (Fsp3) is 0.477. The van der Waals surface area contributed by atoms with Crippen molar-refractivity contribution in [2.24, 2.45) is 0 Å². The topological polar surface area (TPSA) is 338 Å². The van der Waals surface area contributed by atoms with Crippen LogP contribution < -0.4 is 10.1 Å². The number of benzene rings is 3. The molecule has 12 atom stereocenters. The number of nitrogens with one attached hydrogen (secondary N) is 1. The first-order chi connectivity index (χ1) is 31.1. The van der Waals surface area contributed by atoms with Crippen LogP contribution in [0.1, 0.15) is 91.9 Å². The normalized spacial score (nSPS) is 28.4. The fourth-order valence-electron chi connectivity index (χ4n) is 9.00. The van der Waals surface area contributed by atoms with Gasteiger partial charge in [-0.1, -0.05) is 6.07 Å². The lowest BCUT2D eigenvalue weighted by Crippen LogP contribution is -2.66. The van der Waals surface area contributed by atoms with Gasteiger partial charge in [-0.25, -0.2) is 0 Å². The van der Waals surface area contributed by atoms with Crippen LogP contribution in [0.25, 0.3) is 11.1 Å². The molecule has 0 unspecified atom stereocenters. The summed E-state index contributed by atoms with van der Waals surface area (Å²) in [4.78, 5) is 67.7. The number of carbonyl (C=O) groups excluding carboxylic acids is 4. The van der Waals surface area contributed by atoms with Gasteiger partial charge in [-0.05, 0) is 63.6 Å². The van der Waals surface area contributed by atoms with Crippen molar-refractivity contribution in [3.8, 4) is 34.1 Å². The highest BCUT2D eigenvalue weighted by molar-refractivity contribution is 6.31. The number of fused-ring (bicyclic) bond motifs is 5. The van der Waals surface area contributed by atoms with Crippen LogP contribution in [-0.4, -0.2) is 175 Å². The Hall–Kier alpha value is -5.79. The van der Waals surface area contributed by atoms with Crippen molar-refractivity contribution in [1.82, 2.24) is 10.2 Å². The standard InChI is InChI=1S/C44H50N2O20/c1-7-62-24(49)12-46(5)30-16(4)64-44(38(57)40(30)66-43-37(56)34(53)23(48)13-63-43)65-39-21-8-14(2)25(41(58)45-15(3)42(59)60)35(54)28(21)27-19(33(39)52)11-20-29(36(27)55)32(51)18-9-17(61-6)10-22(47)26(18)31(20)50/h8-11,15-16,23,30,33-34,37-40,43-44,47-48,52-57H,7,12-13H2,1-6H3,(H,45,58)(H,59,60)/t15-,16-,23-,30+,33+,34+,37-,38-,39+,40+,43+,44+/m1/s1. The Morgan fingerprint density at radius 1 is 0.864 bits per heavy atom. The molecule has 0 bridgehead atoms. The van der Waals surface area contributed by atoms with E-state index >= 15 is 0 Å². The average Bonchev–Trinajstić information content (AvgIpc) is 3.25. The molecule has 7 rings (SSSR count). The van der Waals surface area contributed by atoms with E-state index in [9.17, 15) is 69.9 Å². The Kier molecular flexibility index (Phi) is 13.5. The van der Waals surface area contributed by atoms with E-state index in [4.69, 9.17) is 28.4 Å². The number of carboxylic acids is 1. The van der Waals surface area contributed by atoms with Crippen molar-refractivity contribution >= 4 is 29.4 Å². The summed E-state index contributed by atoms with van der Waals surface area (Å²) < 4.78 is 34.5. The number of aliphatic hydroxyl groups is 5. The van der Waals surface area contributed by atoms with E-state index in [1.807, 2.05) is 0 Å². The molecule has 2 fully saturated rings. The molecule has 10 N–H and O–H groups in total. The average molecular weight is 927 g/mol. The third-order valence-corrected chi connectivity index (χ3v) is 12.2. The Morgan fingerprint density at radius 2 is 1.52 bits per heavy atom. The largest absolute Gasteiger partial charge is 0.507 e. The first-order valence-electron chi connectivity index (χ1n) is 20.8. The molecular formula is C44H50N2O20. The van der Waals surface area contributed by atoms with Gasteiger partial charge in [-0.15, -0.1) is 0 Å². The van der Waals surface area contributed by atoms with E-state index < -0.39 is 160 Å². The zero-order valence-corrected chi connectivity index (χ0v) is 36.3. The number of hydrogen-bond donors (Lipinski definition) is 10. The molecule has 0 saturated carbocycles. The number of rotatable bonds is 12. The number of esters is 1. The van der Waals surface area contributed by atoms with Crippen LogP contribution in [0.4, 0.5) is 0 Å². The van der Waals surface area contributed by atoms with Gasteiger partial charge in [-0.2, -0.15) is 0 Å². The minimum atomic E-state index is -1.96. The molecule has 3 aromatic rings. The third kappa shape index (κ3) is 8.22. The molecule has 1 amide bonds. The van der Waals surface area contributed by atoms with Gasteiger partial charge in [0.25, 0.3) is 5.91 Å². The maximum atomic E-state index is 14.2. The van der Waals surface area contributed by atoms with Crippen LogP contribution in [-0.2, 0) is 33.3 Å². The highest BCUT2D eigenvalue weighted by Gasteiger charge is 2.52. The molecule has 356 valence electrons. The molecule has 2 aliphatic heterocycles. The second kappa shape index (κ2) is 18.5. The molecule has 22 nitrogen and oxygen atoms in total. The number of hydrogen-bond acceptors (Lipinski definition) is 20. The van der Waals surface area contributed by atoms with Gasteiger partial charge in [0.1, 0.15) is 71.8 Å². The van der Waals surface area contributed by atoms with Crippen molar-refractivity contribution in [3.63, 3.8) is 0 Å². The predicted octanol–water partition coefficient (Wildman–Crippen LogP) is -0.336. The summed E-state index contributed by atoms with van der Waals surface area (Å²) in [6.07, 6.45) is -16.7. The number of carbonyl (C=O) groups is 5. The number of likely N-dealkylation sites (N-methyl/N-ethyl adjacent to an activating group) is 1. The van der Waals surface area contributed by atoms with E-state index in [-0.39, 0.29) is 41.2 Å². The summed E-state index contributed by atoms with van der Waals surface area (Å²) in [5.74, 6) is -7.49. The van der Waals surface area contributed by atoms with Gasteiger partial charge >= 0.3 is 11.9 Å². The SMILES string of the molecule is CCOC(=O)CN(C)[C@@H]1[C@H](O[C@@H]2OC[C@@H](O)[C@H](O)[C@H]2O)[C@@H](O)[C@H](O[C@H]2c3cc(C)c(C(=O)N[C@H](C)C(=O)O)c(O)c3-c3c(cc4c(c3O)C(=O)c3cc(OC)cc(O)c3C4=O)[C@@H]2O)O[C@@H]1C. The predicted molar refractivity (Wildman–Crippen MR) is 221 cm³/mol. The fourth-order valence-corrected chi connectivity index (χ4v) is 9.00. The number of methoxy groups -OCH3 is 1. The van der Waals surface area contributed by atoms with E-state index in [1.165, 1.54) is 52.0 Å². The third-order valence-electron chi connectivity index (χ3n) is 12.2. The van der Waals surface area contributed by atoms with Gasteiger partial charge in [0.2, 0.25) is 0 Å². The zero-order chi connectivity index (χ0) is 48.4. The quantitative estimate of drug-likeness (QED) is 0.0813. The Bertz CT molecular complexity index is 2480. The van der Waals surface area contributed by atoms with Crippen molar-refractivity contribution in [1.29, 1.82) is 0 Å². The molecule has 66 heavy (non-hydrogen) atoms. The highest BCUT2D eigenvalue weighted by Crippen LogP contribution is 2.57. The number of aryl methyl sites for hydroxylation is 1. The minimum absolute atomic E-state index is 0.00158. The van der Waals surface area contributed by atoms with Crippen molar-refractivity contribution < 1.29 is 98.4 Å². The van der Waals surface area contributed by atoms with Crippen LogP contribution in [0.5, 0.6) is 23.0 Å². The van der Waals surface area contributed by atoms with E-state index in [2.05, 4.69) is 5.32 Å². The Balaban J connectivity index is 1.36. The second-order valence-corrected chi connectivity index (χ2v) is 16.5. The number of ketones is 2. The molecule has 22 heteroatoms. The monoisotopic (exact) mass is 926 g/mol. The lowest BCUT2D eigenvalue weighted by molar-refractivity contribution is -0.346. The molecule has 4 aliphatic rings. The summed E-state index contributed by atoms with van der Waals surface area (Å²) in [5.41, 5.74) is -3.70. The summed E-state index contributed by atoms with van der Waals surface area (Å²) in [5, 5.41) is 103. The summed E-state index contributed by atoms with van der Waals surface area (Å²) >= 11 is 0. The molecule has 0 spiro atoms. The smallest absolute Gasteiger partial charge is 0.325 e. The maximum Gasteiger partial charge on any atom is 0.325 e. The molecule has 2 heterocycles. The Labute approximate surface area is 375 Å². The molecule has 0 aromatic heterocycles. The van der Waals surface area contributed by atoms with Gasteiger partial charge in [0, 0.05) is 28.3 Å². The molecule has 3 aromatic carbocycles. The van der Waals surface area contributed by atoms with Crippen LogP contribution in [0, 0.1) is 6.92 Å². The van der Waals surface area contributed by atoms with Crippen LogP contribution in [0.3, 0.4) is 0 Å². The number of phenols is 3. The first-order valence-corrected chi connectivity index (χ1v) is 20.8. The van der Waals surface area contributed by atoms with Crippen molar-refractivity contribution in [2.45, 2.75) is 101 Å². The highest BCUT2D eigenvalue weighted by atomic mass is 16.7. The summed E-state index contributed by atoms with van der Waals surface area (Å²) in [7, 11) is 2.75. The second-order valence-electron chi connectivity index (χ2n) is 16.5. The minimum Gasteiger partial charge on any atom is -0.507 e. The van der Waals surface area contributed by atoms with Crippen LogP contribution in [0.2, 0.25) is 0 Å². The van der Waals surface area contributed by atoms with E-state index in [0.717, 1.165) is 12.1 Å². The number of phenolic OH excluding ortho intramolecular Hbond substituents is 3. The first kappa shape index (κ1) is 48.2. The molecule has 2 saturated heterocycles. The molecular weight excluding hydrogens is 876 g/mol. The van der Waals surface area contributed by atoms with Crippen molar-refractivity contribution in [2.75, 3.05) is 33.9 Å². The van der Waals surface area contributed by atoms with Crippen LogP contribution >= 0.6 is 0 Å². The number of carboxylic acid groups (broad SMARTS) is 1. The zero-order valence-electron chi connectivity index (χ0n) is 36.3. The number of aliphatic hydroxyl groups excluding tert-OH is 5. The van der Waals surface area contributed by atoms with Gasteiger partial charge in [-0.3, -0.25) is 28.9 Å². The van der Waals surface area contributed by atoms with Crippen LogP contribution in [0.15, 0.2) is 24.3 Å².